The zero-order valence-electron chi connectivity index (χ0n) is 12.5. The minimum atomic E-state index is -0.249. The maximum Gasteiger partial charge on any atom is 0.249 e. The number of hydrogen-bond acceptors (Lipinski definition) is 8. The number of aliphatic hydroxyl groups excluding tert-OH is 1. The summed E-state index contributed by atoms with van der Waals surface area (Å²) in [4.78, 5) is 8.39. The first-order valence-electron chi connectivity index (χ1n) is 7.33. The smallest absolute Gasteiger partial charge is 0.249 e. The van der Waals surface area contributed by atoms with Gasteiger partial charge < -0.3 is 24.6 Å². The maximum absolute atomic E-state index is 9.35. The Morgan fingerprint density at radius 2 is 2.30 bits per heavy atom. The van der Waals surface area contributed by atoms with E-state index in [0.29, 0.717) is 28.3 Å². The van der Waals surface area contributed by atoms with Gasteiger partial charge in [-0.3, -0.25) is 0 Å². The van der Waals surface area contributed by atoms with Crippen molar-refractivity contribution in [3.63, 3.8) is 0 Å². The van der Waals surface area contributed by atoms with Gasteiger partial charge in [0.15, 0.2) is 0 Å². The SMILES string of the molecule is CC1C[C@@H](CO)O[C@H]1n1cc(-c2nnco2)c2c(N)ncnc21. The Morgan fingerprint density at radius 1 is 1.43 bits per heavy atom. The lowest BCUT2D eigenvalue weighted by molar-refractivity contribution is -0.0291. The molecule has 0 bridgehead atoms. The number of aromatic nitrogens is 5. The van der Waals surface area contributed by atoms with Crippen LogP contribution in [-0.4, -0.2) is 42.5 Å². The molecule has 0 amide bonds. The molecule has 3 N–H and O–H groups in total. The number of aliphatic hydroxyl groups is 1. The van der Waals surface area contributed by atoms with Crippen molar-refractivity contribution < 1.29 is 14.3 Å². The molecule has 0 spiro atoms. The molecular weight excluding hydrogens is 300 g/mol. The van der Waals surface area contributed by atoms with Crippen LogP contribution in [0.3, 0.4) is 0 Å². The third-order valence-corrected chi connectivity index (χ3v) is 4.16. The maximum atomic E-state index is 9.35. The van der Waals surface area contributed by atoms with Gasteiger partial charge in [0.25, 0.3) is 0 Å². The number of hydrogen-bond donors (Lipinski definition) is 2. The standard InChI is InChI=1S/C14H16N6O3/c1-7-2-8(4-21)23-14(7)20-3-9(13-19-18-6-22-13)10-11(15)16-5-17-12(10)20/h3,5-8,14,21H,2,4H2,1H3,(H2,15,16,17)/t7?,8-,14+/m0/s1. The molecule has 1 saturated heterocycles. The molecular formula is C14H16N6O3. The predicted octanol–water partition coefficient (Wildman–Crippen LogP) is 0.979. The second kappa shape index (κ2) is 5.28. The van der Waals surface area contributed by atoms with E-state index in [1.807, 2.05) is 10.8 Å². The van der Waals surface area contributed by atoms with Crippen molar-refractivity contribution in [2.45, 2.75) is 25.7 Å². The van der Waals surface area contributed by atoms with Gasteiger partial charge in [0.1, 0.15) is 24.0 Å². The molecule has 0 saturated carbocycles. The number of anilines is 1. The zero-order valence-corrected chi connectivity index (χ0v) is 12.5. The van der Waals surface area contributed by atoms with Gasteiger partial charge in [0.05, 0.1) is 23.7 Å². The van der Waals surface area contributed by atoms with Crippen LogP contribution < -0.4 is 5.73 Å². The molecule has 1 aliphatic heterocycles. The number of ether oxygens (including phenoxy) is 1. The topological polar surface area (TPSA) is 125 Å². The Kier molecular flexibility index (Phi) is 3.24. The highest BCUT2D eigenvalue weighted by molar-refractivity contribution is 5.98. The van der Waals surface area contributed by atoms with Crippen LogP contribution in [0.25, 0.3) is 22.5 Å². The van der Waals surface area contributed by atoms with Crippen molar-refractivity contribution in [3.05, 3.63) is 18.9 Å². The van der Waals surface area contributed by atoms with Gasteiger partial charge in [0.2, 0.25) is 12.3 Å². The summed E-state index contributed by atoms with van der Waals surface area (Å²) in [5, 5.41) is 17.7. The molecule has 23 heavy (non-hydrogen) atoms. The summed E-state index contributed by atoms with van der Waals surface area (Å²) >= 11 is 0. The van der Waals surface area contributed by atoms with E-state index in [0.717, 1.165) is 6.42 Å². The molecule has 3 aromatic heterocycles. The van der Waals surface area contributed by atoms with E-state index in [4.69, 9.17) is 14.9 Å². The van der Waals surface area contributed by atoms with Crippen molar-refractivity contribution in [2.75, 3.05) is 12.3 Å². The number of fused-ring (bicyclic) bond motifs is 1. The van der Waals surface area contributed by atoms with Crippen molar-refractivity contribution in [1.82, 2.24) is 24.7 Å². The molecule has 0 radical (unpaired) electrons. The van der Waals surface area contributed by atoms with Crippen LogP contribution in [0.15, 0.2) is 23.3 Å². The summed E-state index contributed by atoms with van der Waals surface area (Å²) in [6.07, 6.45) is 4.85. The van der Waals surface area contributed by atoms with E-state index in [2.05, 4.69) is 27.1 Å². The first kappa shape index (κ1) is 14.1. The minimum Gasteiger partial charge on any atom is -0.423 e. The average Bonchev–Trinajstić information content (AvgIpc) is 3.25. The van der Waals surface area contributed by atoms with E-state index in [9.17, 15) is 5.11 Å². The second-order valence-corrected chi connectivity index (χ2v) is 5.70. The molecule has 1 fully saturated rings. The fourth-order valence-electron chi connectivity index (χ4n) is 3.13. The molecule has 120 valence electrons. The van der Waals surface area contributed by atoms with E-state index in [1.54, 1.807) is 0 Å². The van der Waals surface area contributed by atoms with Gasteiger partial charge in [-0.15, -0.1) is 10.2 Å². The third kappa shape index (κ3) is 2.16. The molecule has 3 atom stereocenters. The largest absolute Gasteiger partial charge is 0.423 e. The quantitative estimate of drug-likeness (QED) is 0.732. The lowest BCUT2D eigenvalue weighted by Crippen LogP contribution is -2.15. The average molecular weight is 316 g/mol. The minimum absolute atomic E-state index is 0.00627. The van der Waals surface area contributed by atoms with Gasteiger partial charge in [-0.05, 0) is 6.42 Å². The summed E-state index contributed by atoms with van der Waals surface area (Å²) in [6, 6.07) is 0. The van der Waals surface area contributed by atoms with Gasteiger partial charge in [-0.25, -0.2) is 9.97 Å². The Hall–Kier alpha value is -2.52. The highest BCUT2D eigenvalue weighted by Gasteiger charge is 2.35. The van der Waals surface area contributed by atoms with Crippen molar-refractivity contribution in [2.24, 2.45) is 5.92 Å². The molecule has 9 heteroatoms. The fourth-order valence-corrected chi connectivity index (χ4v) is 3.13. The van der Waals surface area contributed by atoms with Crippen LogP contribution in [0.4, 0.5) is 5.82 Å². The summed E-state index contributed by atoms with van der Waals surface area (Å²) in [5.41, 5.74) is 7.33. The Balaban J connectivity index is 1.90. The predicted molar refractivity (Wildman–Crippen MR) is 80.0 cm³/mol. The number of nitrogens with zero attached hydrogens (tertiary/aromatic N) is 5. The van der Waals surface area contributed by atoms with Crippen LogP contribution in [-0.2, 0) is 4.74 Å². The fraction of sp³-hybridized carbons (Fsp3) is 0.429. The monoisotopic (exact) mass is 316 g/mol. The van der Waals surface area contributed by atoms with Gasteiger partial charge in [-0.2, -0.15) is 0 Å². The molecule has 4 rings (SSSR count). The van der Waals surface area contributed by atoms with Gasteiger partial charge >= 0.3 is 0 Å². The van der Waals surface area contributed by atoms with Gasteiger partial charge in [-0.1, -0.05) is 6.92 Å². The number of nitrogen functional groups attached to an aromatic ring is 1. The molecule has 1 unspecified atom stereocenters. The van der Waals surface area contributed by atoms with Crippen LogP contribution >= 0.6 is 0 Å². The summed E-state index contributed by atoms with van der Waals surface area (Å²) < 4.78 is 13.1. The van der Waals surface area contributed by atoms with E-state index >= 15 is 0 Å². The summed E-state index contributed by atoms with van der Waals surface area (Å²) in [6.45, 7) is 2.07. The van der Waals surface area contributed by atoms with E-state index in [-0.39, 0.29) is 24.9 Å². The molecule has 4 heterocycles. The molecule has 3 aromatic rings. The first-order chi connectivity index (χ1) is 11.2. The van der Waals surface area contributed by atoms with Crippen LogP contribution in [0.2, 0.25) is 0 Å². The Labute approximate surface area is 131 Å². The molecule has 0 aromatic carbocycles. The normalized spacial score (nSPS) is 24.5. The lowest BCUT2D eigenvalue weighted by atomic mass is 10.1. The highest BCUT2D eigenvalue weighted by atomic mass is 16.5. The van der Waals surface area contributed by atoms with Gasteiger partial charge in [0, 0.05) is 12.1 Å². The van der Waals surface area contributed by atoms with E-state index in [1.165, 1.54) is 12.7 Å². The Bertz CT molecular complexity index is 831. The lowest BCUT2D eigenvalue weighted by Gasteiger charge is -2.18. The third-order valence-electron chi connectivity index (χ3n) is 4.16. The number of nitrogens with two attached hydrogens (primary N) is 1. The van der Waals surface area contributed by atoms with E-state index < -0.39 is 0 Å². The summed E-state index contributed by atoms with van der Waals surface area (Å²) in [7, 11) is 0. The van der Waals surface area contributed by atoms with Crippen LogP contribution in [0, 0.1) is 5.92 Å². The number of rotatable bonds is 3. The van der Waals surface area contributed by atoms with Crippen molar-refractivity contribution >= 4 is 16.9 Å². The second-order valence-electron chi connectivity index (χ2n) is 5.70. The highest BCUT2D eigenvalue weighted by Crippen LogP contribution is 2.39. The van der Waals surface area contributed by atoms with Crippen molar-refractivity contribution in [1.29, 1.82) is 0 Å². The van der Waals surface area contributed by atoms with Crippen molar-refractivity contribution in [3.8, 4) is 11.5 Å². The first-order valence-corrected chi connectivity index (χ1v) is 7.33. The molecule has 9 nitrogen and oxygen atoms in total. The summed E-state index contributed by atoms with van der Waals surface area (Å²) in [5.74, 6) is 0.903. The molecule has 1 aliphatic rings. The van der Waals surface area contributed by atoms with Crippen LogP contribution in [0.1, 0.15) is 19.6 Å². The Morgan fingerprint density at radius 3 is 3.00 bits per heavy atom. The molecule has 0 aliphatic carbocycles. The van der Waals surface area contributed by atoms with Crippen LogP contribution in [0.5, 0.6) is 0 Å². The zero-order chi connectivity index (χ0) is 16.0.